The van der Waals surface area contributed by atoms with Gasteiger partial charge in [-0.05, 0) is 48.9 Å². The Morgan fingerprint density at radius 2 is 2.24 bits per heavy atom. The summed E-state index contributed by atoms with van der Waals surface area (Å²) in [6.07, 6.45) is 3.09. The number of halogens is 2. The molecule has 17 heavy (non-hydrogen) atoms. The molecule has 92 valence electrons. The van der Waals surface area contributed by atoms with Crippen LogP contribution in [0.2, 0.25) is 5.02 Å². The Morgan fingerprint density at radius 1 is 1.47 bits per heavy atom. The van der Waals surface area contributed by atoms with E-state index in [0.717, 1.165) is 18.4 Å². The van der Waals surface area contributed by atoms with Crippen LogP contribution in [-0.4, -0.2) is 5.78 Å². The average molecular weight is 255 g/mol. The van der Waals surface area contributed by atoms with Crippen molar-refractivity contribution in [1.82, 2.24) is 0 Å². The van der Waals surface area contributed by atoms with E-state index in [0.29, 0.717) is 29.6 Å². The minimum Gasteiger partial charge on any atom is -0.299 e. The van der Waals surface area contributed by atoms with Gasteiger partial charge in [0.05, 0.1) is 0 Å². The Balaban J connectivity index is 2.14. The van der Waals surface area contributed by atoms with Gasteiger partial charge in [-0.1, -0.05) is 18.5 Å². The van der Waals surface area contributed by atoms with Gasteiger partial charge in [-0.3, -0.25) is 4.79 Å². The van der Waals surface area contributed by atoms with Crippen LogP contribution < -0.4 is 0 Å². The molecule has 1 aliphatic rings. The normalized spacial score (nSPS) is 25.0. The van der Waals surface area contributed by atoms with Crippen LogP contribution in [-0.2, 0) is 11.2 Å². The monoisotopic (exact) mass is 254 g/mol. The smallest absolute Gasteiger partial charge is 0.136 e. The van der Waals surface area contributed by atoms with Crippen LogP contribution in [0.15, 0.2) is 18.2 Å². The number of rotatable bonds is 2. The molecule has 2 rings (SSSR count). The van der Waals surface area contributed by atoms with Gasteiger partial charge >= 0.3 is 0 Å². The fourth-order valence-corrected chi connectivity index (χ4v) is 2.68. The molecular weight excluding hydrogens is 239 g/mol. The first-order valence-corrected chi connectivity index (χ1v) is 6.40. The molecule has 1 aliphatic carbocycles. The number of hydrogen-bond donors (Lipinski definition) is 0. The number of Topliss-reactive ketones (excluding diaryl/α,β-unsaturated/α-hetero) is 1. The van der Waals surface area contributed by atoms with Crippen LogP contribution in [0.4, 0.5) is 4.39 Å². The highest BCUT2D eigenvalue weighted by Crippen LogP contribution is 2.30. The van der Waals surface area contributed by atoms with Crippen LogP contribution in [0.25, 0.3) is 0 Å². The van der Waals surface area contributed by atoms with Gasteiger partial charge in [-0.25, -0.2) is 4.39 Å². The highest BCUT2D eigenvalue weighted by Gasteiger charge is 2.27. The third-order valence-electron chi connectivity index (χ3n) is 3.50. The molecular formula is C14H16ClFO. The maximum Gasteiger partial charge on any atom is 0.136 e. The summed E-state index contributed by atoms with van der Waals surface area (Å²) < 4.78 is 13.1. The first kappa shape index (κ1) is 12.6. The number of carbonyl (C=O) groups excluding carboxylic acids is 1. The zero-order valence-corrected chi connectivity index (χ0v) is 10.6. The number of ketones is 1. The topological polar surface area (TPSA) is 17.1 Å². The van der Waals surface area contributed by atoms with Crippen molar-refractivity contribution in [3.8, 4) is 0 Å². The zero-order valence-electron chi connectivity index (χ0n) is 9.88. The summed E-state index contributed by atoms with van der Waals surface area (Å²) in [6.45, 7) is 2.16. The number of carbonyl (C=O) groups is 1. The highest BCUT2D eigenvalue weighted by molar-refractivity contribution is 6.31. The van der Waals surface area contributed by atoms with Crippen molar-refractivity contribution in [2.45, 2.75) is 32.6 Å². The van der Waals surface area contributed by atoms with Gasteiger partial charge in [0.2, 0.25) is 0 Å². The van der Waals surface area contributed by atoms with Crippen LogP contribution >= 0.6 is 11.6 Å². The minimum atomic E-state index is -0.291. The van der Waals surface area contributed by atoms with Crippen molar-refractivity contribution in [2.24, 2.45) is 11.8 Å². The van der Waals surface area contributed by atoms with Crippen LogP contribution in [0.5, 0.6) is 0 Å². The van der Waals surface area contributed by atoms with Crippen LogP contribution in [0, 0.1) is 17.7 Å². The Bertz CT molecular complexity index is 430. The quantitative estimate of drug-likeness (QED) is 0.779. The number of benzene rings is 1. The van der Waals surface area contributed by atoms with E-state index in [1.54, 1.807) is 6.07 Å². The Hall–Kier alpha value is -0.890. The first-order chi connectivity index (χ1) is 8.06. The molecule has 1 aromatic rings. The van der Waals surface area contributed by atoms with Crippen LogP contribution in [0.1, 0.15) is 31.7 Å². The molecule has 1 aromatic carbocycles. The van der Waals surface area contributed by atoms with E-state index in [4.69, 9.17) is 11.6 Å². The van der Waals surface area contributed by atoms with Gasteiger partial charge in [-0.2, -0.15) is 0 Å². The van der Waals surface area contributed by atoms with Crippen LogP contribution in [0.3, 0.4) is 0 Å². The summed E-state index contributed by atoms with van der Waals surface area (Å²) >= 11 is 6.02. The van der Waals surface area contributed by atoms with Gasteiger partial charge in [0, 0.05) is 17.4 Å². The first-order valence-electron chi connectivity index (χ1n) is 6.03. The standard InChI is InChI=1S/C14H16ClFO/c1-9-2-5-14(17)11(6-9)7-10-8-12(16)3-4-13(10)15/h3-4,8-9,11H,2,5-7H2,1H3. The summed E-state index contributed by atoms with van der Waals surface area (Å²) in [5, 5.41) is 0.553. The Morgan fingerprint density at radius 3 is 3.00 bits per heavy atom. The SMILES string of the molecule is CC1CCC(=O)C(Cc2cc(F)ccc2Cl)C1. The van der Waals surface area contributed by atoms with Crippen molar-refractivity contribution in [2.75, 3.05) is 0 Å². The fourth-order valence-electron chi connectivity index (χ4n) is 2.49. The van der Waals surface area contributed by atoms with E-state index < -0.39 is 0 Å². The third-order valence-corrected chi connectivity index (χ3v) is 3.87. The predicted molar refractivity (Wildman–Crippen MR) is 66.6 cm³/mol. The summed E-state index contributed by atoms with van der Waals surface area (Å²) in [5.74, 6) is 0.590. The average Bonchev–Trinajstić information content (AvgIpc) is 2.28. The van der Waals surface area contributed by atoms with Crippen molar-refractivity contribution < 1.29 is 9.18 Å². The summed E-state index contributed by atoms with van der Waals surface area (Å²) in [7, 11) is 0. The lowest BCUT2D eigenvalue weighted by atomic mass is 9.78. The second-order valence-electron chi connectivity index (χ2n) is 4.98. The van der Waals surface area contributed by atoms with Crippen molar-refractivity contribution in [1.29, 1.82) is 0 Å². The van der Waals surface area contributed by atoms with E-state index in [-0.39, 0.29) is 11.7 Å². The molecule has 1 nitrogen and oxygen atoms in total. The zero-order chi connectivity index (χ0) is 12.4. The molecule has 0 saturated heterocycles. The molecule has 0 radical (unpaired) electrons. The molecule has 2 unspecified atom stereocenters. The molecule has 0 aromatic heterocycles. The van der Waals surface area contributed by atoms with Crippen molar-refractivity contribution in [3.63, 3.8) is 0 Å². The Labute approximate surface area is 106 Å². The third kappa shape index (κ3) is 3.06. The molecule has 0 spiro atoms. The van der Waals surface area contributed by atoms with Crippen molar-refractivity contribution in [3.05, 3.63) is 34.6 Å². The maximum atomic E-state index is 13.1. The van der Waals surface area contributed by atoms with Gasteiger partial charge in [-0.15, -0.1) is 0 Å². The molecule has 0 amide bonds. The van der Waals surface area contributed by atoms with E-state index in [1.807, 2.05) is 0 Å². The molecule has 1 fully saturated rings. The molecule has 1 saturated carbocycles. The molecule has 0 heterocycles. The van der Waals surface area contributed by atoms with E-state index in [2.05, 4.69) is 6.92 Å². The lowest BCUT2D eigenvalue weighted by Crippen LogP contribution is -2.25. The lowest BCUT2D eigenvalue weighted by Gasteiger charge is -2.25. The summed E-state index contributed by atoms with van der Waals surface area (Å²) in [5.41, 5.74) is 0.749. The summed E-state index contributed by atoms with van der Waals surface area (Å²) in [6, 6.07) is 4.34. The van der Waals surface area contributed by atoms with Gasteiger partial charge < -0.3 is 0 Å². The molecule has 2 atom stereocenters. The van der Waals surface area contributed by atoms with E-state index in [9.17, 15) is 9.18 Å². The number of hydrogen-bond acceptors (Lipinski definition) is 1. The summed E-state index contributed by atoms with van der Waals surface area (Å²) in [4.78, 5) is 11.8. The van der Waals surface area contributed by atoms with Gasteiger partial charge in [0.15, 0.2) is 0 Å². The lowest BCUT2D eigenvalue weighted by molar-refractivity contribution is -0.125. The second-order valence-corrected chi connectivity index (χ2v) is 5.39. The Kier molecular flexibility index (Phi) is 3.82. The van der Waals surface area contributed by atoms with Crippen molar-refractivity contribution >= 4 is 17.4 Å². The molecule has 0 aliphatic heterocycles. The van der Waals surface area contributed by atoms with Gasteiger partial charge in [0.25, 0.3) is 0 Å². The largest absolute Gasteiger partial charge is 0.299 e. The molecule has 0 bridgehead atoms. The second kappa shape index (κ2) is 5.18. The van der Waals surface area contributed by atoms with E-state index >= 15 is 0 Å². The fraction of sp³-hybridized carbons (Fsp3) is 0.500. The van der Waals surface area contributed by atoms with Gasteiger partial charge in [0.1, 0.15) is 11.6 Å². The predicted octanol–water partition coefficient (Wildman–Crippen LogP) is 4.03. The molecule has 3 heteroatoms. The van der Waals surface area contributed by atoms with E-state index in [1.165, 1.54) is 12.1 Å². The minimum absolute atomic E-state index is 0.0121. The molecule has 0 N–H and O–H groups in total. The highest BCUT2D eigenvalue weighted by atomic mass is 35.5. The maximum absolute atomic E-state index is 13.1.